The molecule has 2 N–H and O–H groups in total. The molecule has 5 nitrogen and oxygen atoms in total. The van der Waals surface area contributed by atoms with Crippen LogP contribution in [-0.4, -0.2) is 34.2 Å². The Balaban J connectivity index is 1.65. The molecule has 0 radical (unpaired) electrons. The highest BCUT2D eigenvalue weighted by molar-refractivity contribution is 5.95. The van der Waals surface area contributed by atoms with Crippen LogP contribution in [0.4, 0.5) is 0 Å². The number of aromatic hydroxyl groups is 1. The third-order valence-electron chi connectivity index (χ3n) is 4.57. The zero-order valence-corrected chi connectivity index (χ0v) is 14.6. The van der Waals surface area contributed by atoms with E-state index in [-0.39, 0.29) is 35.6 Å². The van der Waals surface area contributed by atoms with Crippen molar-refractivity contribution in [3.05, 3.63) is 59.4 Å². The fraction of sp³-hybridized carbons (Fsp3) is 0.400. The number of pyridine rings is 1. The summed E-state index contributed by atoms with van der Waals surface area (Å²) in [7, 11) is 0. The van der Waals surface area contributed by atoms with Gasteiger partial charge in [-0.25, -0.2) is 4.98 Å². The topological polar surface area (TPSA) is 71.5 Å². The first-order chi connectivity index (χ1) is 12.0. The highest BCUT2D eigenvalue weighted by Crippen LogP contribution is 2.24. The van der Waals surface area contributed by atoms with Crippen molar-refractivity contribution in [2.24, 2.45) is 0 Å². The maximum absolute atomic E-state index is 12.5. The molecule has 1 unspecified atom stereocenters. The van der Waals surface area contributed by atoms with E-state index in [1.807, 2.05) is 25.1 Å². The second-order valence-electron chi connectivity index (χ2n) is 6.73. The van der Waals surface area contributed by atoms with Crippen molar-refractivity contribution in [3.63, 3.8) is 0 Å². The molecule has 3 rings (SSSR count). The van der Waals surface area contributed by atoms with Crippen molar-refractivity contribution in [2.45, 2.75) is 51.4 Å². The third kappa shape index (κ3) is 4.37. The molecule has 132 valence electrons. The maximum Gasteiger partial charge on any atom is 0.273 e. The Hall–Kier alpha value is -2.40. The second-order valence-corrected chi connectivity index (χ2v) is 6.73. The number of carbonyl (C=O) groups is 1. The van der Waals surface area contributed by atoms with E-state index in [0.29, 0.717) is 5.56 Å². The van der Waals surface area contributed by atoms with E-state index in [2.05, 4.69) is 22.4 Å². The molecule has 2 heterocycles. The van der Waals surface area contributed by atoms with Crippen LogP contribution in [-0.2, 0) is 11.2 Å². The van der Waals surface area contributed by atoms with Crippen LogP contribution in [0.25, 0.3) is 0 Å². The van der Waals surface area contributed by atoms with Crippen LogP contribution in [0.1, 0.15) is 41.4 Å². The summed E-state index contributed by atoms with van der Waals surface area (Å²) >= 11 is 0. The molecule has 0 aliphatic carbocycles. The van der Waals surface area contributed by atoms with Crippen molar-refractivity contribution in [2.75, 3.05) is 0 Å². The number of carbonyl (C=O) groups excluding carboxylic acids is 1. The van der Waals surface area contributed by atoms with Gasteiger partial charge in [0.2, 0.25) is 0 Å². The Morgan fingerprint density at radius 2 is 2.04 bits per heavy atom. The van der Waals surface area contributed by atoms with Gasteiger partial charge < -0.3 is 15.2 Å². The zero-order chi connectivity index (χ0) is 17.8. The third-order valence-corrected chi connectivity index (χ3v) is 4.57. The van der Waals surface area contributed by atoms with Gasteiger partial charge in [0.1, 0.15) is 5.75 Å². The number of hydrogen-bond acceptors (Lipinski definition) is 4. The van der Waals surface area contributed by atoms with Crippen molar-refractivity contribution in [1.82, 2.24) is 10.3 Å². The van der Waals surface area contributed by atoms with Gasteiger partial charge in [-0.3, -0.25) is 4.79 Å². The number of nitrogens with one attached hydrogen (secondary N) is 1. The van der Waals surface area contributed by atoms with Crippen LogP contribution in [0.2, 0.25) is 0 Å². The SMILES string of the molecule is Cc1ccnc(C(=O)NC2C[C@@H](Cc3ccccc3)O[C@@H](C)C2)c1O. The summed E-state index contributed by atoms with van der Waals surface area (Å²) in [6.45, 7) is 3.78. The zero-order valence-electron chi connectivity index (χ0n) is 14.6. The van der Waals surface area contributed by atoms with E-state index in [1.54, 1.807) is 13.0 Å². The number of hydrogen-bond donors (Lipinski definition) is 2. The normalized spacial score (nSPS) is 23.2. The van der Waals surface area contributed by atoms with E-state index >= 15 is 0 Å². The van der Waals surface area contributed by atoms with E-state index in [4.69, 9.17) is 4.74 Å². The fourth-order valence-corrected chi connectivity index (χ4v) is 3.35. The number of amides is 1. The molecule has 1 aromatic heterocycles. The number of rotatable bonds is 4. The summed E-state index contributed by atoms with van der Waals surface area (Å²) in [6.07, 6.45) is 4.00. The number of aromatic nitrogens is 1. The van der Waals surface area contributed by atoms with Crippen molar-refractivity contribution < 1.29 is 14.6 Å². The molecule has 1 aliphatic rings. The summed E-state index contributed by atoms with van der Waals surface area (Å²) in [6, 6.07) is 11.9. The van der Waals surface area contributed by atoms with E-state index in [9.17, 15) is 9.90 Å². The largest absolute Gasteiger partial charge is 0.505 e. The fourth-order valence-electron chi connectivity index (χ4n) is 3.35. The maximum atomic E-state index is 12.5. The minimum absolute atomic E-state index is 0.00618. The van der Waals surface area contributed by atoms with Gasteiger partial charge in [0.15, 0.2) is 5.69 Å². The van der Waals surface area contributed by atoms with E-state index in [0.717, 1.165) is 19.3 Å². The summed E-state index contributed by atoms with van der Waals surface area (Å²) in [5.74, 6) is -0.389. The molecule has 3 atom stereocenters. The predicted molar refractivity (Wildman–Crippen MR) is 95.6 cm³/mol. The van der Waals surface area contributed by atoms with E-state index < -0.39 is 0 Å². The minimum atomic E-state index is -0.334. The lowest BCUT2D eigenvalue weighted by Crippen LogP contribution is -2.45. The Bertz CT molecular complexity index is 733. The minimum Gasteiger partial charge on any atom is -0.505 e. The lowest BCUT2D eigenvalue weighted by atomic mass is 9.94. The van der Waals surface area contributed by atoms with Gasteiger partial charge in [-0.1, -0.05) is 30.3 Å². The predicted octanol–water partition coefficient (Wildman–Crippen LogP) is 3.00. The molecule has 1 amide bonds. The molecule has 1 fully saturated rings. The van der Waals surface area contributed by atoms with Gasteiger partial charge in [0, 0.05) is 12.2 Å². The summed E-state index contributed by atoms with van der Waals surface area (Å²) in [5, 5.41) is 13.1. The molecule has 0 saturated carbocycles. The highest BCUT2D eigenvalue weighted by Gasteiger charge is 2.29. The Morgan fingerprint density at radius 3 is 2.80 bits per heavy atom. The summed E-state index contributed by atoms with van der Waals surface area (Å²) < 4.78 is 6.03. The summed E-state index contributed by atoms with van der Waals surface area (Å²) in [5.41, 5.74) is 1.95. The van der Waals surface area contributed by atoms with Gasteiger partial charge in [0.05, 0.1) is 12.2 Å². The van der Waals surface area contributed by atoms with Gasteiger partial charge >= 0.3 is 0 Å². The van der Waals surface area contributed by atoms with Crippen molar-refractivity contribution in [3.8, 4) is 5.75 Å². The second kappa shape index (κ2) is 7.66. The Labute approximate surface area is 148 Å². The van der Waals surface area contributed by atoms with Gasteiger partial charge in [-0.2, -0.15) is 0 Å². The van der Waals surface area contributed by atoms with Crippen LogP contribution in [0, 0.1) is 6.92 Å². The standard InChI is InChI=1S/C20H24N2O3/c1-13-8-9-21-18(19(13)23)20(24)22-16-10-14(2)25-17(12-16)11-15-6-4-3-5-7-15/h3-9,14,16-17,23H,10-12H2,1-2H3,(H,22,24)/t14-,16?,17+/m0/s1. The quantitative estimate of drug-likeness (QED) is 0.897. The molecule has 5 heteroatoms. The van der Waals surface area contributed by atoms with Crippen LogP contribution in [0.3, 0.4) is 0 Å². The van der Waals surface area contributed by atoms with Crippen molar-refractivity contribution >= 4 is 5.91 Å². The number of aryl methyl sites for hydroxylation is 1. The number of benzene rings is 1. The number of nitrogens with zero attached hydrogens (tertiary/aromatic N) is 1. The molecule has 25 heavy (non-hydrogen) atoms. The molecule has 0 spiro atoms. The van der Waals surface area contributed by atoms with Crippen LogP contribution >= 0.6 is 0 Å². The van der Waals surface area contributed by atoms with Crippen LogP contribution in [0.5, 0.6) is 5.75 Å². The molecule has 0 bridgehead atoms. The van der Waals surface area contributed by atoms with Gasteiger partial charge in [-0.15, -0.1) is 0 Å². The molecule has 1 aliphatic heterocycles. The van der Waals surface area contributed by atoms with Crippen LogP contribution in [0.15, 0.2) is 42.6 Å². The Kier molecular flexibility index (Phi) is 5.34. The average Bonchev–Trinajstić information content (AvgIpc) is 2.57. The first-order valence-electron chi connectivity index (χ1n) is 8.67. The summed E-state index contributed by atoms with van der Waals surface area (Å²) in [4.78, 5) is 16.5. The highest BCUT2D eigenvalue weighted by atomic mass is 16.5. The monoisotopic (exact) mass is 340 g/mol. The molecule has 1 saturated heterocycles. The average molecular weight is 340 g/mol. The lowest BCUT2D eigenvalue weighted by molar-refractivity contribution is -0.0498. The molecule has 2 aromatic rings. The molecular weight excluding hydrogens is 316 g/mol. The molecule has 1 aromatic carbocycles. The first-order valence-corrected chi connectivity index (χ1v) is 8.67. The first kappa shape index (κ1) is 17.4. The Morgan fingerprint density at radius 1 is 1.28 bits per heavy atom. The molecular formula is C20H24N2O3. The van der Waals surface area contributed by atoms with Gasteiger partial charge in [0.25, 0.3) is 5.91 Å². The van der Waals surface area contributed by atoms with Gasteiger partial charge in [-0.05, 0) is 50.3 Å². The lowest BCUT2D eigenvalue weighted by Gasteiger charge is -2.34. The van der Waals surface area contributed by atoms with E-state index in [1.165, 1.54) is 11.8 Å². The van der Waals surface area contributed by atoms with Crippen LogP contribution < -0.4 is 5.32 Å². The number of ether oxygens (including phenoxy) is 1. The smallest absolute Gasteiger partial charge is 0.273 e. The van der Waals surface area contributed by atoms with Crippen molar-refractivity contribution in [1.29, 1.82) is 0 Å².